The highest BCUT2D eigenvalue weighted by atomic mass is 32.2. The van der Waals surface area contributed by atoms with Crippen LogP contribution in [0.25, 0.3) is 0 Å². The highest BCUT2D eigenvalue weighted by Gasteiger charge is 2.29. The standard InChI is InChI=1S/C15H24N2OS/c1-3-10-17-15(2,14(16)18)9-11-19-12-13-7-5-4-6-8-13/h4-8,17H,3,9-12H2,1-2H3,(H2,16,18). The molecule has 0 spiro atoms. The van der Waals surface area contributed by atoms with E-state index >= 15 is 0 Å². The van der Waals surface area contributed by atoms with E-state index in [1.54, 1.807) is 0 Å². The van der Waals surface area contributed by atoms with Crippen LogP contribution in [0.15, 0.2) is 30.3 Å². The Morgan fingerprint density at radius 2 is 2.05 bits per heavy atom. The highest BCUT2D eigenvalue weighted by Crippen LogP contribution is 2.18. The van der Waals surface area contributed by atoms with Crippen molar-refractivity contribution in [3.8, 4) is 0 Å². The second-order valence-electron chi connectivity index (χ2n) is 4.91. The molecular formula is C15H24N2OS. The summed E-state index contributed by atoms with van der Waals surface area (Å²) in [5, 5.41) is 3.26. The van der Waals surface area contributed by atoms with Gasteiger partial charge in [0.1, 0.15) is 0 Å². The van der Waals surface area contributed by atoms with E-state index < -0.39 is 5.54 Å². The molecule has 1 amide bonds. The van der Waals surface area contributed by atoms with E-state index in [1.807, 2.05) is 36.9 Å². The van der Waals surface area contributed by atoms with Gasteiger partial charge in [0, 0.05) is 5.75 Å². The van der Waals surface area contributed by atoms with Crippen LogP contribution in [0.4, 0.5) is 0 Å². The first-order chi connectivity index (χ1) is 9.08. The number of hydrogen-bond acceptors (Lipinski definition) is 3. The third-order valence-electron chi connectivity index (χ3n) is 3.17. The van der Waals surface area contributed by atoms with Crippen molar-refractivity contribution in [3.05, 3.63) is 35.9 Å². The Hall–Kier alpha value is -1.00. The molecule has 1 atom stereocenters. The molecule has 1 aromatic carbocycles. The molecule has 3 N–H and O–H groups in total. The van der Waals surface area contributed by atoms with Gasteiger partial charge in [-0.1, -0.05) is 37.3 Å². The molecule has 0 radical (unpaired) electrons. The van der Waals surface area contributed by atoms with Crippen LogP contribution >= 0.6 is 11.8 Å². The molecule has 19 heavy (non-hydrogen) atoms. The smallest absolute Gasteiger partial charge is 0.237 e. The molecule has 0 bridgehead atoms. The number of benzene rings is 1. The fourth-order valence-electron chi connectivity index (χ4n) is 1.74. The van der Waals surface area contributed by atoms with E-state index in [-0.39, 0.29) is 5.91 Å². The first-order valence-electron chi connectivity index (χ1n) is 6.75. The number of amides is 1. The van der Waals surface area contributed by atoms with Gasteiger partial charge in [-0.2, -0.15) is 11.8 Å². The molecule has 3 nitrogen and oxygen atoms in total. The number of hydrogen-bond donors (Lipinski definition) is 2. The Morgan fingerprint density at radius 1 is 1.37 bits per heavy atom. The average Bonchev–Trinajstić information content (AvgIpc) is 2.42. The predicted molar refractivity (Wildman–Crippen MR) is 83.1 cm³/mol. The van der Waals surface area contributed by atoms with Crippen molar-refractivity contribution in [2.24, 2.45) is 5.73 Å². The number of carbonyl (C=O) groups excluding carboxylic acids is 1. The molecule has 106 valence electrons. The second-order valence-corrected chi connectivity index (χ2v) is 6.02. The Kier molecular flexibility index (Phi) is 6.95. The Labute approximate surface area is 120 Å². The maximum absolute atomic E-state index is 11.5. The molecule has 0 aromatic heterocycles. The molecule has 4 heteroatoms. The van der Waals surface area contributed by atoms with Gasteiger partial charge in [0.05, 0.1) is 5.54 Å². The summed E-state index contributed by atoms with van der Waals surface area (Å²) in [6, 6.07) is 10.4. The van der Waals surface area contributed by atoms with Crippen molar-refractivity contribution in [2.75, 3.05) is 12.3 Å². The first-order valence-corrected chi connectivity index (χ1v) is 7.90. The summed E-state index contributed by atoms with van der Waals surface area (Å²) in [4.78, 5) is 11.5. The monoisotopic (exact) mass is 280 g/mol. The molecule has 0 aliphatic rings. The van der Waals surface area contributed by atoms with Crippen LogP contribution in [0.1, 0.15) is 32.3 Å². The number of rotatable bonds is 9. The molecule has 0 heterocycles. The van der Waals surface area contributed by atoms with E-state index in [1.165, 1.54) is 5.56 Å². The van der Waals surface area contributed by atoms with Crippen LogP contribution in [0, 0.1) is 0 Å². The van der Waals surface area contributed by atoms with Crippen LogP contribution in [0.5, 0.6) is 0 Å². The topological polar surface area (TPSA) is 55.1 Å². The maximum Gasteiger partial charge on any atom is 0.237 e. The lowest BCUT2D eigenvalue weighted by molar-refractivity contribution is -0.123. The van der Waals surface area contributed by atoms with E-state index in [2.05, 4.69) is 24.4 Å². The van der Waals surface area contributed by atoms with Crippen molar-refractivity contribution in [1.82, 2.24) is 5.32 Å². The van der Waals surface area contributed by atoms with Crippen molar-refractivity contribution in [1.29, 1.82) is 0 Å². The molecule has 1 aromatic rings. The Morgan fingerprint density at radius 3 is 2.63 bits per heavy atom. The van der Waals surface area contributed by atoms with Crippen molar-refractivity contribution < 1.29 is 4.79 Å². The summed E-state index contributed by atoms with van der Waals surface area (Å²) in [6.45, 7) is 4.80. The summed E-state index contributed by atoms with van der Waals surface area (Å²) in [5.74, 6) is 1.63. The summed E-state index contributed by atoms with van der Waals surface area (Å²) >= 11 is 1.84. The van der Waals surface area contributed by atoms with Crippen LogP contribution in [-0.2, 0) is 10.5 Å². The van der Waals surface area contributed by atoms with E-state index in [9.17, 15) is 4.79 Å². The fraction of sp³-hybridized carbons (Fsp3) is 0.533. The largest absolute Gasteiger partial charge is 0.368 e. The zero-order chi connectivity index (χ0) is 14.1. The van der Waals surface area contributed by atoms with Gasteiger partial charge < -0.3 is 11.1 Å². The van der Waals surface area contributed by atoms with E-state index in [0.717, 1.165) is 30.9 Å². The summed E-state index contributed by atoms with van der Waals surface area (Å²) < 4.78 is 0. The van der Waals surface area contributed by atoms with Gasteiger partial charge in [-0.25, -0.2) is 0 Å². The zero-order valence-corrected chi connectivity index (χ0v) is 12.6. The minimum atomic E-state index is -0.584. The number of primary amides is 1. The lowest BCUT2D eigenvalue weighted by atomic mass is 9.98. The molecule has 0 aliphatic heterocycles. The highest BCUT2D eigenvalue weighted by molar-refractivity contribution is 7.98. The SMILES string of the molecule is CCCNC(C)(CCSCc1ccccc1)C(N)=O. The zero-order valence-electron chi connectivity index (χ0n) is 11.8. The lowest BCUT2D eigenvalue weighted by Gasteiger charge is -2.27. The van der Waals surface area contributed by atoms with Crippen LogP contribution in [0.2, 0.25) is 0 Å². The maximum atomic E-state index is 11.5. The van der Waals surface area contributed by atoms with Crippen LogP contribution in [0.3, 0.4) is 0 Å². The predicted octanol–water partition coefficient (Wildman–Crippen LogP) is 2.55. The van der Waals surface area contributed by atoms with Gasteiger partial charge in [-0.3, -0.25) is 4.79 Å². The fourth-order valence-corrected chi connectivity index (χ4v) is 2.87. The Balaban J connectivity index is 2.34. The van der Waals surface area contributed by atoms with E-state index in [4.69, 9.17) is 5.73 Å². The summed E-state index contributed by atoms with van der Waals surface area (Å²) in [5.41, 5.74) is 6.23. The minimum absolute atomic E-state index is 0.263. The molecule has 0 saturated heterocycles. The van der Waals surface area contributed by atoms with Crippen molar-refractivity contribution >= 4 is 17.7 Å². The number of carbonyl (C=O) groups is 1. The molecule has 0 fully saturated rings. The third-order valence-corrected chi connectivity index (χ3v) is 4.20. The lowest BCUT2D eigenvalue weighted by Crippen LogP contribution is -2.53. The second kappa shape index (κ2) is 8.23. The first kappa shape index (κ1) is 16.1. The van der Waals surface area contributed by atoms with Gasteiger partial charge in [0.25, 0.3) is 0 Å². The molecular weight excluding hydrogens is 256 g/mol. The third kappa shape index (κ3) is 5.66. The van der Waals surface area contributed by atoms with Gasteiger partial charge in [0.15, 0.2) is 0 Å². The van der Waals surface area contributed by atoms with E-state index in [0.29, 0.717) is 0 Å². The van der Waals surface area contributed by atoms with Gasteiger partial charge in [-0.15, -0.1) is 0 Å². The minimum Gasteiger partial charge on any atom is -0.368 e. The van der Waals surface area contributed by atoms with Gasteiger partial charge in [0.2, 0.25) is 5.91 Å². The number of nitrogens with one attached hydrogen (secondary N) is 1. The Bertz CT molecular complexity index is 383. The number of thioether (sulfide) groups is 1. The van der Waals surface area contributed by atoms with Gasteiger partial charge >= 0.3 is 0 Å². The molecule has 0 aliphatic carbocycles. The van der Waals surface area contributed by atoms with Crippen molar-refractivity contribution in [3.63, 3.8) is 0 Å². The molecule has 1 unspecified atom stereocenters. The van der Waals surface area contributed by atoms with Crippen LogP contribution < -0.4 is 11.1 Å². The molecule has 1 rings (SSSR count). The molecule has 0 saturated carbocycles. The van der Waals surface area contributed by atoms with Gasteiger partial charge in [-0.05, 0) is 37.6 Å². The summed E-state index contributed by atoms with van der Waals surface area (Å²) in [7, 11) is 0. The van der Waals surface area contributed by atoms with Crippen molar-refractivity contribution in [2.45, 2.75) is 38.0 Å². The normalized spacial score (nSPS) is 14.0. The number of nitrogens with two attached hydrogens (primary N) is 1. The quantitative estimate of drug-likeness (QED) is 0.684. The van der Waals surface area contributed by atoms with Crippen LogP contribution in [-0.4, -0.2) is 23.7 Å². The summed E-state index contributed by atoms with van der Waals surface area (Å²) in [6.07, 6.45) is 1.76. The average molecular weight is 280 g/mol.